The highest BCUT2D eigenvalue weighted by molar-refractivity contribution is 7.19. The number of fused-ring (bicyclic) bond motifs is 1. The monoisotopic (exact) mass is 343 g/mol. The molecule has 4 aromatic rings. The highest BCUT2D eigenvalue weighted by atomic mass is 32.1. The van der Waals surface area contributed by atoms with Crippen molar-refractivity contribution in [2.24, 2.45) is 0 Å². The van der Waals surface area contributed by atoms with Crippen molar-refractivity contribution in [1.29, 1.82) is 0 Å². The van der Waals surface area contributed by atoms with E-state index >= 15 is 0 Å². The van der Waals surface area contributed by atoms with E-state index in [4.69, 9.17) is 9.72 Å². The third kappa shape index (κ3) is 3.62. The SMILES string of the molecule is Cc1ccc(C=C(Oc2ccccc2)c2nc3ccccc3s2)cc1. The molecular weight excluding hydrogens is 326 g/mol. The number of rotatable bonds is 4. The smallest absolute Gasteiger partial charge is 0.163 e. The first-order chi connectivity index (χ1) is 12.3. The van der Waals surface area contributed by atoms with E-state index in [1.807, 2.05) is 54.6 Å². The Hall–Kier alpha value is -2.91. The number of para-hydroxylation sites is 2. The van der Waals surface area contributed by atoms with Gasteiger partial charge in [-0.3, -0.25) is 0 Å². The van der Waals surface area contributed by atoms with Crippen LogP contribution >= 0.6 is 11.3 Å². The molecule has 0 aliphatic carbocycles. The molecule has 4 rings (SSSR count). The van der Waals surface area contributed by atoms with Crippen molar-refractivity contribution in [2.45, 2.75) is 6.92 Å². The van der Waals surface area contributed by atoms with Gasteiger partial charge >= 0.3 is 0 Å². The molecule has 0 unspecified atom stereocenters. The molecule has 0 amide bonds. The summed E-state index contributed by atoms with van der Waals surface area (Å²) in [7, 11) is 0. The molecule has 0 radical (unpaired) electrons. The molecule has 25 heavy (non-hydrogen) atoms. The Kier molecular flexibility index (Phi) is 4.32. The van der Waals surface area contributed by atoms with Crippen LogP contribution < -0.4 is 4.74 Å². The lowest BCUT2D eigenvalue weighted by Crippen LogP contribution is -1.94. The van der Waals surface area contributed by atoms with E-state index in [0.717, 1.165) is 32.3 Å². The maximum atomic E-state index is 6.17. The van der Waals surface area contributed by atoms with Gasteiger partial charge in [0.2, 0.25) is 0 Å². The molecule has 1 heterocycles. The summed E-state index contributed by atoms with van der Waals surface area (Å²) in [5.41, 5.74) is 3.33. The average molecular weight is 343 g/mol. The van der Waals surface area contributed by atoms with Gasteiger partial charge < -0.3 is 4.74 Å². The van der Waals surface area contributed by atoms with Gasteiger partial charge in [0, 0.05) is 0 Å². The quantitative estimate of drug-likeness (QED) is 0.413. The minimum atomic E-state index is 0.760. The topological polar surface area (TPSA) is 22.1 Å². The van der Waals surface area contributed by atoms with Crippen LogP contribution in [0.3, 0.4) is 0 Å². The number of hydrogen-bond acceptors (Lipinski definition) is 3. The van der Waals surface area contributed by atoms with Crippen molar-refractivity contribution in [3.63, 3.8) is 0 Å². The number of thiazole rings is 1. The minimum absolute atomic E-state index is 0.760. The summed E-state index contributed by atoms with van der Waals surface area (Å²) in [6, 6.07) is 26.4. The molecule has 0 fully saturated rings. The zero-order valence-corrected chi connectivity index (χ0v) is 14.7. The maximum absolute atomic E-state index is 6.17. The predicted molar refractivity (Wildman–Crippen MR) is 106 cm³/mol. The molecule has 3 heteroatoms. The standard InChI is InChI=1S/C22H17NOS/c1-16-11-13-17(14-12-16)15-20(24-18-7-3-2-4-8-18)22-23-19-9-5-6-10-21(19)25-22/h2-15H,1H3. The minimum Gasteiger partial charge on any atom is -0.454 e. The van der Waals surface area contributed by atoms with Gasteiger partial charge in [-0.1, -0.05) is 60.2 Å². The Bertz CT molecular complexity index is 984. The first kappa shape index (κ1) is 15.6. The number of ether oxygens (including phenoxy) is 1. The first-order valence-corrected chi connectivity index (χ1v) is 8.97. The van der Waals surface area contributed by atoms with Gasteiger partial charge in [0.25, 0.3) is 0 Å². The molecule has 0 saturated heterocycles. The van der Waals surface area contributed by atoms with Crippen molar-refractivity contribution in [2.75, 3.05) is 0 Å². The number of aromatic nitrogens is 1. The Balaban J connectivity index is 1.78. The summed E-state index contributed by atoms with van der Waals surface area (Å²) in [6.45, 7) is 2.09. The van der Waals surface area contributed by atoms with Gasteiger partial charge in [-0.2, -0.15) is 0 Å². The van der Waals surface area contributed by atoms with Gasteiger partial charge in [0.15, 0.2) is 10.8 Å². The van der Waals surface area contributed by atoms with Crippen LogP contribution in [-0.4, -0.2) is 4.98 Å². The van der Waals surface area contributed by atoms with Crippen LogP contribution in [0.25, 0.3) is 22.1 Å². The normalized spacial score (nSPS) is 11.6. The summed E-state index contributed by atoms with van der Waals surface area (Å²) in [4.78, 5) is 4.75. The Morgan fingerprint density at radius 1 is 0.880 bits per heavy atom. The summed E-state index contributed by atoms with van der Waals surface area (Å²) in [6.07, 6.45) is 2.05. The Labute approximate surface area is 151 Å². The Morgan fingerprint density at radius 3 is 2.36 bits per heavy atom. The van der Waals surface area contributed by atoms with Crippen molar-refractivity contribution in [3.05, 3.63) is 95.0 Å². The fraction of sp³-hybridized carbons (Fsp3) is 0.0455. The van der Waals surface area contributed by atoms with E-state index in [-0.39, 0.29) is 0 Å². The first-order valence-electron chi connectivity index (χ1n) is 8.15. The summed E-state index contributed by atoms with van der Waals surface area (Å²) in [5.74, 6) is 1.57. The lowest BCUT2D eigenvalue weighted by molar-refractivity contribution is 0.518. The molecule has 0 aliphatic heterocycles. The molecule has 0 bridgehead atoms. The zero-order valence-electron chi connectivity index (χ0n) is 13.8. The molecule has 0 aliphatic rings. The molecule has 0 saturated carbocycles. The highest BCUT2D eigenvalue weighted by Gasteiger charge is 2.11. The molecule has 2 nitrogen and oxygen atoms in total. The molecule has 0 N–H and O–H groups in total. The van der Waals surface area contributed by atoms with Crippen molar-refractivity contribution < 1.29 is 4.74 Å². The fourth-order valence-electron chi connectivity index (χ4n) is 2.54. The van der Waals surface area contributed by atoms with E-state index in [9.17, 15) is 0 Å². The van der Waals surface area contributed by atoms with Gasteiger partial charge in [-0.25, -0.2) is 4.98 Å². The van der Waals surface area contributed by atoms with E-state index in [1.165, 1.54) is 5.56 Å². The van der Waals surface area contributed by atoms with Gasteiger partial charge in [0.05, 0.1) is 10.2 Å². The predicted octanol–water partition coefficient (Wildman–Crippen LogP) is 6.18. The van der Waals surface area contributed by atoms with Crippen LogP contribution in [0, 0.1) is 6.92 Å². The van der Waals surface area contributed by atoms with E-state index < -0.39 is 0 Å². The number of hydrogen-bond donors (Lipinski definition) is 0. The summed E-state index contributed by atoms with van der Waals surface area (Å²) in [5, 5.41) is 0.880. The second-order valence-electron chi connectivity index (χ2n) is 5.82. The molecular formula is C22H17NOS. The maximum Gasteiger partial charge on any atom is 0.163 e. The third-order valence-electron chi connectivity index (χ3n) is 3.85. The van der Waals surface area contributed by atoms with Crippen LogP contribution in [0.2, 0.25) is 0 Å². The lowest BCUT2D eigenvalue weighted by Gasteiger charge is -2.08. The second kappa shape index (κ2) is 6.91. The number of aryl methyl sites for hydroxylation is 1. The van der Waals surface area contributed by atoms with E-state index in [0.29, 0.717) is 0 Å². The fourth-order valence-corrected chi connectivity index (χ4v) is 3.46. The van der Waals surface area contributed by atoms with Crippen molar-refractivity contribution in [3.8, 4) is 5.75 Å². The second-order valence-corrected chi connectivity index (χ2v) is 6.85. The van der Waals surface area contributed by atoms with Crippen molar-refractivity contribution in [1.82, 2.24) is 4.98 Å². The highest BCUT2D eigenvalue weighted by Crippen LogP contribution is 2.30. The van der Waals surface area contributed by atoms with Crippen LogP contribution in [0.5, 0.6) is 5.75 Å². The molecule has 0 atom stereocenters. The molecule has 3 aromatic carbocycles. The van der Waals surface area contributed by atoms with E-state index in [1.54, 1.807) is 11.3 Å². The third-order valence-corrected chi connectivity index (χ3v) is 4.90. The number of benzene rings is 3. The van der Waals surface area contributed by atoms with Crippen molar-refractivity contribution >= 4 is 33.4 Å². The summed E-state index contributed by atoms with van der Waals surface area (Å²) >= 11 is 1.64. The molecule has 0 spiro atoms. The molecule has 1 aromatic heterocycles. The van der Waals surface area contributed by atoms with Crippen LogP contribution in [-0.2, 0) is 0 Å². The zero-order chi connectivity index (χ0) is 17.1. The van der Waals surface area contributed by atoms with Gasteiger partial charge in [0.1, 0.15) is 5.75 Å². The summed E-state index contributed by atoms with van der Waals surface area (Å²) < 4.78 is 7.33. The van der Waals surface area contributed by atoms with Gasteiger partial charge in [-0.05, 0) is 42.8 Å². The van der Waals surface area contributed by atoms with Crippen LogP contribution in [0.4, 0.5) is 0 Å². The van der Waals surface area contributed by atoms with Gasteiger partial charge in [-0.15, -0.1) is 11.3 Å². The van der Waals surface area contributed by atoms with Crippen LogP contribution in [0.15, 0.2) is 78.9 Å². The average Bonchev–Trinajstić information content (AvgIpc) is 3.08. The Morgan fingerprint density at radius 2 is 1.60 bits per heavy atom. The lowest BCUT2D eigenvalue weighted by atomic mass is 10.1. The molecule has 122 valence electrons. The van der Waals surface area contributed by atoms with Crippen LogP contribution in [0.1, 0.15) is 16.1 Å². The van der Waals surface area contributed by atoms with E-state index in [2.05, 4.69) is 37.3 Å². The number of nitrogens with zero attached hydrogens (tertiary/aromatic N) is 1. The largest absolute Gasteiger partial charge is 0.454 e.